The second kappa shape index (κ2) is 6.29. The second-order valence-corrected chi connectivity index (χ2v) is 5.67. The van der Waals surface area contributed by atoms with Gasteiger partial charge in [0.05, 0.1) is 27.7 Å². The number of hydrogen-bond donors (Lipinski definition) is 1. The fraction of sp³-hybridized carbons (Fsp3) is 0.125. The number of pyridine rings is 1. The van der Waals surface area contributed by atoms with Gasteiger partial charge in [0.2, 0.25) is 0 Å². The average Bonchev–Trinajstić information content (AvgIpc) is 2.97. The van der Waals surface area contributed by atoms with Crippen LogP contribution in [0.25, 0.3) is 5.65 Å². The van der Waals surface area contributed by atoms with Gasteiger partial charge < -0.3 is 9.72 Å². The number of carbonyl (C=O) groups excluding carboxylic acids is 1. The van der Waals surface area contributed by atoms with Crippen molar-refractivity contribution in [3.8, 4) is 0 Å². The number of non-ortho nitro benzene ring substituents is 1. The number of nitrogens with one attached hydrogen (secondary N) is 1. The number of nitrogens with zero attached hydrogens (tertiary/aromatic N) is 3. The molecule has 2 heterocycles. The zero-order valence-electron chi connectivity index (χ0n) is 12.7. The molecule has 0 aliphatic rings. The minimum Gasteiger partial charge on any atom is -0.346 e. The van der Waals surface area contributed by atoms with Crippen LogP contribution in [0, 0.1) is 17.0 Å². The van der Waals surface area contributed by atoms with Crippen molar-refractivity contribution in [3.63, 3.8) is 0 Å². The van der Waals surface area contributed by atoms with E-state index >= 15 is 0 Å². The Hall–Kier alpha value is -2.93. The molecule has 0 radical (unpaired) electrons. The van der Waals surface area contributed by atoms with Gasteiger partial charge in [0.1, 0.15) is 5.65 Å². The molecule has 2 aromatic heterocycles. The lowest BCUT2D eigenvalue weighted by molar-refractivity contribution is -0.384. The van der Waals surface area contributed by atoms with Crippen LogP contribution in [-0.2, 0) is 6.54 Å². The topological polar surface area (TPSA) is 89.5 Å². The number of aryl methyl sites for hydroxylation is 1. The minimum atomic E-state index is -0.563. The van der Waals surface area contributed by atoms with Gasteiger partial charge in [0.15, 0.2) is 0 Å². The Morgan fingerprint density at radius 2 is 2.21 bits per heavy atom. The summed E-state index contributed by atoms with van der Waals surface area (Å²) >= 11 is 5.95. The first-order valence-electron chi connectivity index (χ1n) is 7.11. The molecule has 3 rings (SSSR count). The molecule has 0 aliphatic heterocycles. The van der Waals surface area contributed by atoms with Crippen molar-refractivity contribution in [2.75, 3.05) is 0 Å². The average molecular weight is 345 g/mol. The number of benzene rings is 1. The van der Waals surface area contributed by atoms with E-state index in [9.17, 15) is 14.9 Å². The third-order valence-electron chi connectivity index (χ3n) is 3.57. The largest absolute Gasteiger partial charge is 0.346 e. The molecule has 0 spiro atoms. The maximum absolute atomic E-state index is 12.2. The third kappa shape index (κ3) is 3.07. The Labute approximate surface area is 142 Å². The maximum atomic E-state index is 12.2. The highest BCUT2D eigenvalue weighted by molar-refractivity contribution is 6.34. The van der Waals surface area contributed by atoms with Gasteiger partial charge >= 0.3 is 0 Å². The van der Waals surface area contributed by atoms with Gasteiger partial charge in [0, 0.05) is 24.5 Å². The molecule has 0 saturated heterocycles. The van der Waals surface area contributed by atoms with Crippen LogP contribution in [0.3, 0.4) is 0 Å². The van der Waals surface area contributed by atoms with Gasteiger partial charge in [-0.3, -0.25) is 14.9 Å². The van der Waals surface area contributed by atoms with Crippen LogP contribution in [0.4, 0.5) is 5.69 Å². The van der Waals surface area contributed by atoms with E-state index in [0.717, 1.165) is 17.3 Å². The zero-order valence-corrected chi connectivity index (χ0v) is 13.4. The molecular weight excluding hydrogens is 332 g/mol. The van der Waals surface area contributed by atoms with E-state index in [2.05, 4.69) is 10.3 Å². The summed E-state index contributed by atoms with van der Waals surface area (Å²) < 4.78 is 1.88. The second-order valence-electron chi connectivity index (χ2n) is 5.26. The first kappa shape index (κ1) is 15.9. The van der Waals surface area contributed by atoms with E-state index in [-0.39, 0.29) is 22.8 Å². The van der Waals surface area contributed by atoms with Gasteiger partial charge in [-0.25, -0.2) is 4.98 Å². The molecule has 3 aromatic rings. The molecule has 24 heavy (non-hydrogen) atoms. The first-order valence-corrected chi connectivity index (χ1v) is 7.49. The van der Waals surface area contributed by atoms with Gasteiger partial charge in [-0.05, 0) is 24.6 Å². The minimum absolute atomic E-state index is 0.0348. The molecule has 0 atom stereocenters. The van der Waals surface area contributed by atoms with Crippen molar-refractivity contribution in [3.05, 3.63) is 74.7 Å². The molecule has 8 heteroatoms. The fourth-order valence-electron chi connectivity index (χ4n) is 2.36. The highest BCUT2D eigenvalue weighted by atomic mass is 35.5. The van der Waals surface area contributed by atoms with E-state index in [1.807, 2.05) is 35.9 Å². The predicted octanol–water partition coefficient (Wildman–Crippen LogP) is 3.13. The third-order valence-corrected chi connectivity index (χ3v) is 3.88. The van der Waals surface area contributed by atoms with E-state index in [1.54, 1.807) is 0 Å². The number of hydrogen-bond acceptors (Lipinski definition) is 4. The zero-order chi connectivity index (χ0) is 17.3. The summed E-state index contributed by atoms with van der Waals surface area (Å²) in [6.07, 6.45) is 3.72. The Morgan fingerprint density at radius 3 is 2.88 bits per heavy atom. The predicted molar refractivity (Wildman–Crippen MR) is 89.2 cm³/mol. The van der Waals surface area contributed by atoms with Crippen molar-refractivity contribution in [2.45, 2.75) is 13.5 Å². The first-order chi connectivity index (χ1) is 11.5. The monoisotopic (exact) mass is 344 g/mol. The van der Waals surface area contributed by atoms with Crippen LogP contribution >= 0.6 is 11.6 Å². The number of fused-ring (bicyclic) bond motifs is 1. The van der Waals surface area contributed by atoms with Gasteiger partial charge in [-0.2, -0.15) is 0 Å². The van der Waals surface area contributed by atoms with Crippen LogP contribution < -0.4 is 5.32 Å². The SMILES string of the molecule is Cc1cccn2cc(CNC(=O)c3ccc([N+](=O)[O-])cc3Cl)nc12. The summed E-state index contributed by atoms with van der Waals surface area (Å²) in [7, 11) is 0. The van der Waals surface area contributed by atoms with Crippen molar-refractivity contribution in [1.82, 2.24) is 14.7 Å². The molecule has 1 amide bonds. The molecule has 0 unspecified atom stereocenters. The standard InChI is InChI=1S/C16H13ClN4O3/c1-10-3-2-6-20-9-11(19-15(10)20)8-18-16(22)13-5-4-12(21(23)24)7-14(13)17/h2-7,9H,8H2,1H3,(H,18,22). The highest BCUT2D eigenvalue weighted by Gasteiger charge is 2.15. The van der Waals surface area contributed by atoms with Crippen molar-refractivity contribution < 1.29 is 9.72 Å². The van der Waals surface area contributed by atoms with Crippen molar-refractivity contribution >= 4 is 28.8 Å². The molecule has 0 bridgehead atoms. The Kier molecular flexibility index (Phi) is 4.18. The molecule has 0 fully saturated rings. The van der Waals surface area contributed by atoms with E-state index in [4.69, 9.17) is 11.6 Å². The smallest absolute Gasteiger partial charge is 0.270 e. The van der Waals surface area contributed by atoms with E-state index in [1.165, 1.54) is 12.1 Å². The molecule has 122 valence electrons. The summed E-state index contributed by atoms with van der Waals surface area (Å²) in [5.74, 6) is -0.413. The number of imidazole rings is 1. The van der Waals surface area contributed by atoms with Crippen LogP contribution in [0.15, 0.2) is 42.7 Å². The van der Waals surface area contributed by atoms with Gasteiger partial charge in [-0.1, -0.05) is 17.7 Å². The van der Waals surface area contributed by atoms with Gasteiger partial charge in [0.25, 0.3) is 11.6 Å². The summed E-state index contributed by atoms with van der Waals surface area (Å²) in [4.78, 5) is 26.8. The normalized spacial score (nSPS) is 10.8. The van der Waals surface area contributed by atoms with Crippen LogP contribution in [0.1, 0.15) is 21.6 Å². The molecule has 1 aromatic carbocycles. The number of aromatic nitrogens is 2. The molecule has 1 N–H and O–H groups in total. The van der Waals surface area contributed by atoms with E-state index in [0.29, 0.717) is 5.69 Å². The number of rotatable bonds is 4. The molecule has 0 aliphatic carbocycles. The molecule has 0 saturated carbocycles. The lowest BCUT2D eigenvalue weighted by Crippen LogP contribution is -2.23. The van der Waals surface area contributed by atoms with E-state index < -0.39 is 10.8 Å². The summed E-state index contributed by atoms with van der Waals surface area (Å²) in [6.45, 7) is 2.19. The quantitative estimate of drug-likeness (QED) is 0.581. The van der Waals surface area contributed by atoms with Gasteiger partial charge in [-0.15, -0.1) is 0 Å². The van der Waals surface area contributed by atoms with Crippen molar-refractivity contribution in [2.24, 2.45) is 0 Å². The summed E-state index contributed by atoms with van der Waals surface area (Å²) in [5.41, 5.74) is 2.59. The number of carbonyl (C=O) groups is 1. The number of nitro benzene ring substituents is 1. The number of amides is 1. The number of nitro groups is 1. The Bertz CT molecular complexity index is 952. The summed E-state index contributed by atoms with van der Waals surface area (Å²) in [6, 6.07) is 7.62. The highest BCUT2D eigenvalue weighted by Crippen LogP contribution is 2.22. The lowest BCUT2D eigenvalue weighted by atomic mass is 10.2. The maximum Gasteiger partial charge on any atom is 0.270 e. The molecular formula is C16H13ClN4O3. The number of halogens is 1. The Balaban J connectivity index is 1.75. The van der Waals surface area contributed by atoms with Crippen LogP contribution in [-0.4, -0.2) is 20.2 Å². The summed E-state index contributed by atoms with van der Waals surface area (Å²) in [5, 5.41) is 13.4. The Morgan fingerprint density at radius 1 is 1.42 bits per heavy atom. The lowest BCUT2D eigenvalue weighted by Gasteiger charge is -2.05. The van der Waals surface area contributed by atoms with Crippen LogP contribution in [0.5, 0.6) is 0 Å². The van der Waals surface area contributed by atoms with Crippen molar-refractivity contribution in [1.29, 1.82) is 0 Å². The fourth-order valence-corrected chi connectivity index (χ4v) is 2.62. The molecule has 7 nitrogen and oxygen atoms in total. The van der Waals surface area contributed by atoms with Crippen LogP contribution in [0.2, 0.25) is 5.02 Å².